The van der Waals surface area contributed by atoms with Crippen LogP contribution in [0.3, 0.4) is 0 Å². The first-order chi connectivity index (χ1) is 24.6. The van der Waals surface area contributed by atoms with Crippen molar-refractivity contribution in [2.45, 2.75) is 148 Å². The highest BCUT2D eigenvalue weighted by Crippen LogP contribution is 2.48. The number of carbonyl (C=O) groups is 1. The fourth-order valence-electron chi connectivity index (χ4n) is 6.29. The lowest BCUT2D eigenvalue weighted by Crippen LogP contribution is -2.37. The van der Waals surface area contributed by atoms with Crippen molar-refractivity contribution in [3.8, 4) is 5.75 Å². The number of carbonyl (C=O) groups excluding carboxylic acids is 1. The number of nitrogens with one attached hydrogen (secondary N) is 1. The molecule has 0 bridgehead atoms. The van der Waals surface area contributed by atoms with Crippen LogP contribution < -0.4 is 15.3 Å². The van der Waals surface area contributed by atoms with Crippen molar-refractivity contribution in [1.82, 2.24) is 24.6 Å². The third kappa shape index (κ3) is 13.4. The van der Waals surface area contributed by atoms with Crippen molar-refractivity contribution < 1.29 is 32.3 Å². The van der Waals surface area contributed by atoms with Crippen molar-refractivity contribution in [3.63, 3.8) is 0 Å². The number of hydrogen-bond donors (Lipinski definition) is 2. The Balaban J connectivity index is 1.17. The third-order valence-electron chi connectivity index (χ3n) is 9.28. The van der Waals surface area contributed by atoms with Gasteiger partial charge in [-0.2, -0.15) is 19.4 Å². The number of nitrogens with zero attached hydrogens (tertiary/aromatic N) is 4. The Kier molecular flexibility index (Phi) is 16.6. The van der Waals surface area contributed by atoms with Crippen LogP contribution in [0.15, 0.2) is 36.7 Å². The lowest BCUT2D eigenvalue weighted by molar-refractivity contribution is -0.145. The SMILES string of the molecule is CCCCCCCCCCCCCCCCCOC(=O)[C@H](C)NP(=O)(OC[C@]1(C)CC[C@H](n2cnc3c(N)nc(F)nc32)O1)Oc1ccccc1. The van der Waals surface area contributed by atoms with Gasteiger partial charge in [0.1, 0.15) is 18.0 Å². The van der Waals surface area contributed by atoms with Gasteiger partial charge < -0.3 is 19.7 Å². The molecule has 51 heavy (non-hydrogen) atoms. The first-order valence-electron chi connectivity index (χ1n) is 18.9. The van der Waals surface area contributed by atoms with E-state index in [0.29, 0.717) is 25.2 Å². The number of rotatable bonds is 25. The summed E-state index contributed by atoms with van der Waals surface area (Å²) in [6.07, 6.45) is 19.9. The van der Waals surface area contributed by atoms with Gasteiger partial charge >= 0.3 is 19.8 Å². The number of esters is 1. The molecule has 1 aliphatic rings. The van der Waals surface area contributed by atoms with Gasteiger partial charge in [-0.15, -0.1) is 0 Å². The number of para-hydroxylation sites is 1. The van der Waals surface area contributed by atoms with E-state index in [-0.39, 0.29) is 23.6 Å². The quantitative estimate of drug-likeness (QED) is 0.0371. The van der Waals surface area contributed by atoms with E-state index in [0.717, 1.165) is 19.3 Å². The molecule has 4 atom stereocenters. The topological polar surface area (TPSA) is 153 Å². The van der Waals surface area contributed by atoms with E-state index >= 15 is 0 Å². The standard InChI is InChI=1S/C37H58FN6O6P/c1-4-5-6-7-8-9-10-11-12-13-14-15-16-17-21-26-47-35(45)29(2)43-51(46,50-30-22-19-18-20-23-30)48-27-37(3)25-24-31(49-37)44-28-40-32-33(39)41-36(38)42-34(32)44/h18-20,22-23,28-29,31H,4-17,21,24-27H2,1-3H3,(H,43,46)(H2,39,41,42)/t29-,31+,37-,51?/m0/s1. The summed E-state index contributed by atoms with van der Waals surface area (Å²) in [5, 5.41) is 2.76. The van der Waals surface area contributed by atoms with Crippen LogP contribution >= 0.6 is 7.75 Å². The Bertz CT molecular complexity index is 1530. The van der Waals surface area contributed by atoms with Crippen LogP contribution in [0, 0.1) is 6.08 Å². The Morgan fingerprint density at radius 1 is 1.02 bits per heavy atom. The van der Waals surface area contributed by atoms with Gasteiger partial charge in [0.2, 0.25) is 0 Å². The molecule has 284 valence electrons. The number of hydrogen-bond acceptors (Lipinski definition) is 10. The summed E-state index contributed by atoms with van der Waals surface area (Å²) in [4.78, 5) is 24.5. The predicted molar refractivity (Wildman–Crippen MR) is 197 cm³/mol. The zero-order valence-corrected chi connectivity index (χ0v) is 31.6. The number of fused-ring (bicyclic) bond motifs is 1. The molecule has 14 heteroatoms. The first kappa shape index (κ1) is 40.6. The number of nitrogen functional groups attached to an aromatic ring is 1. The highest BCUT2D eigenvalue weighted by atomic mass is 31.2. The molecule has 1 aromatic carbocycles. The average Bonchev–Trinajstić information content (AvgIpc) is 3.71. The van der Waals surface area contributed by atoms with E-state index in [1.807, 2.05) is 13.0 Å². The van der Waals surface area contributed by atoms with Crippen molar-refractivity contribution in [1.29, 1.82) is 0 Å². The molecule has 0 amide bonds. The van der Waals surface area contributed by atoms with E-state index in [1.54, 1.807) is 35.8 Å². The smallest absolute Gasteiger partial charge is 0.459 e. The molecule has 3 N–H and O–H groups in total. The number of imidazole rings is 1. The molecule has 12 nitrogen and oxygen atoms in total. The Morgan fingerprint density at radius 3 is 2.25 bits per heavy atom. The Hall–Kier alpha value is -3.12. The summed E-state index contributed by atoms with van der Waals surface area (Å²) in [5.41, 5.74) is 5.41. The Morgan fingerprint density at radius 2 is 1.63 bits per heavy atom. The molecule has 0 aliphatic carbocycles. The van der Waals surface area contributed by atoms with Crippen LogP contribution in [0.2, 0.25) is 0 Å². The summed E-state index contributed by atoms with van der Waals surface area (Å²) in [7, 11) is -4.09. The molecule has 1 saturated heterocycles. The maximum atomic E-state index is 14.1. The fraction of sp³-hybridized carbons (Fsp3) is 0.676. The highest BCUT2D eigenvalue weighted by Gasteiger charge is 2.42. The van der Waals surface area contributed by atoms with E-state index < -0.39 is 37.7 Å². The molecular formula is C37H58FN6O6P. The third-order valence-corrected chi connectivity index (χ3v) is 10.9. The summed E-state index contributed by atoms with van der Waals surface area (Å²) < 4.78 is 53.1. The van der Waals surface area contributed by atoms with Gasteiger partial charge in [0.05, 0.1) is 25.1 Å². The molecule has 1 aliphatic heterocycles. The number of aromatic nitrogens is 4. The molecular weight excluding hydrogens is 674 g/mol. The zero-order valence-electron chi connectivity index (χ0n) is 30.7. The predicted octanol–water partition coefficient (Wildman–Crippen LogP) is 9.21. The van der Waals surface area contributed by atoms with E-state index in [4.69, 9.17) is 24.3 Å². The minimum absolute atomic E-state index is 0.0622. The minimum atomic E-state index is -4.09. The molecule has 2 aromatic heterocycles. The maximum Gasteiger partial charge on any atom is 0.459 e. The van der Waals surface area contributed by atoms with Gasteiger partial charge in [-0.3, -0.25) is 13.9 Å². The molecule has 1 unspecified atom stereocenters. The number of benzene rings is 1. The molecule has 1 fully saturated rings. The van der Waals surface area contributed by atoms with E-state index in [9.17, 15) is 13.8 Å². The molecule has 3 heterocycles. The molecule has 0 spiro atoms. The monoisotopic (exact) mass is 732 g/mol. The average molecular weight is 733 g/mol. The fourth-order valence-corrected chi connectivity index (χ4v) is 7.89. The second-order valence-electron chi connectivity index (χ2n) is 13.9. The van der Waals surface area contributed by atoms with Gasteiger partial charge in [-0.25, -0.2) is 9.55 Å². The van der Waals surface area contributed by atoms with Crippen molar-refractivity contribution in [2.75, 3.05) is 18.9 Å². The van der Waals surface area contributed by atoms with Crippen LogP contribution in [0.1, 0.15) is 136 Å². The number of halogens is 1. The van der Waals surface area contributed by atoms with E-state index in [2.05, 4.69) is 27.0 Å². The van der Waals surface area contributed by atoms with Crippen molar-refractivity contribution in [3.05, 3.63) is 42.7 Å². The summed E-state index contributed by atoms with van der Waals surface area (Å²) in [6, 6.07) is 7.64. The van der Waals surface area contributed by atoms with E-state index in [1.165, 1.54) is 83.4 Å². The van der Waals surface area contributed by atoms with Gasteiger partial charge in [0.25, 0.3) is 0 Å². The van der Waals surface area contributed by atoms with Crippen LogP contribution in [-0.4, -0.2) is 50.3 Å². The number of anilines is 1. The molecule has 4 rings (SSSR count). The zero-order chi connectivity index (χ0) is 36.5. The highest BCUT2D eigenvalue weighted by molar-refractivity contribution is 7.52. The second-order valence-corrected chi connectivity index (χ2v) is 15.6. The molecule has 0 radical (unpaired) electrons. The van der Waals surface area contributed by atoms with Gasteiger partial charge in [0.15, 0.2) is 17.0 Å². The van der Waals surface area contributed by atoms with Crippen LogP contribution in [0.25, 0.3) is 11.2 Å². The number of unbranched alkanes of at least 4 members (excludes halogenated alkanes) is 14. The van der Waals surface area contributed by atoms with Crippen LogP contribution in [0.4, 0.5) is 10.2 Å². The lowest BCUT2D eigenvalue weighted by Gasteiger charge is -2.28. The summed E-state index contributed by atoms with van der Waals surface area (Å²) in [5.74, 6) is -0.288. The minimum Gasteiger partial charge on any atom is -0.465 e. The normalized spacial score (nSPS) is 19.3. The summed E-state index contributed by atoms with van der Waals surface area (Å²) in [6.45, 7) is 5.82. The van der Waals surface area contributed by atoms with Crippen molar-refractivity contribution in [2.24, 2.45) is 0 Å². The Labute approximate surface area is 302 Å². The maximum absolute atomic E-state index is 14.1. The van der Waals surface area contributed by atoms with Crippen molar-refractivity contribution >= 4 is 30.7 Å². The van der Waals surface area contributed by atoms with Gasteiger partial charge in [-0.1, -0.05) is 115 Å². The lowest BCUT2D eigenvalue weighted by atomic mass is 10.0. The van der Waals surface area contributed by atoms with Gasteiger partial charge in [-0.05, 0) is 45.2 Å². The van der Waals surface area contributed by atoms with Crippen LogP contribution in [0.5, 0.6) is 5.75 Å². The number of ether oxygens (including phenoxy) is 2. The number of nitrogens with two attached hydrogens (primary N) is 1. The largest absolute Gasteiger partial charge is 0.465 e. The second kappa shape index (κ2) is 20.8. The molecule has 3 aromatic rings. The first-order valence-corrected chi connectivity index (χ1v) is 20.4. The van der Waals surface area contributed by atoms with Gasteiger partial charge in [0, 0.05) is 0 Å². The molecule has 0 saturated carbocycles. The summed E-state index contributed by atoms with van der Waals surface area (Å²) >= 11 is 0. The van der Waals surface area contributed by atoms with Crippen LogP contribution in [-0.2, 0) is 23.4 Å².